The number of likely N-dealkylation sites (N-methyl/N-ethyl adjacent to an activating group) is 1. The Morgan fingerprint density at radius 1 is 1.10 bits per heavy atom. The molecule has 3 aliphatic rings. The molecular weight excluding hydrogens is 479 g/mol. The van der Waals surface area contributed by atoms with Gasteiger partial charge in [0.15, 0.2) is 5.96 Å². The number of hydrogen-bond donors (Lipinski definition) is 2. The van der Waals surface area contributed by atoms with Gasteiger partial charge in [-0.15, -0.1) is 24.0 Å². The maximum Gasteiger partial charge on any atom is 0.225 e. The fourth-order valence-corrected chi connectivity index (χ4v) is 4.62. The summed E-state index contributed by atoms with van der Waals surface area (Å²) in [5.74, 6) is 1.56. The molecule has 0 radical (unpaired) electrons. The first-order chi connectivity index (χ1) is 13.6. The Morgan fingerprint density at radius 2 is 1.79 bits per heavy atom. The van der Waals surface area contributed by atoms with Crippen LogP contribution in [0.4, 0.5) is 0 Å². The lowest BCUT2D eigenvalue weighted by molar-refractivity contribution is -0.134. The molecule has 0 aromatic rings. The summed E-state index contributed by atoms with van der Waals surface area (Å²) in [6, 6.07) is 0.760. The molecule has 3 fully saturated rings. The number of carbonyl (C=O) groups is 1. The van der Waals surface area contributed by atoms with Crippen LogP contribution in [0.25, 0.3) is 0 Å². The Bertz CT molecular complexity index is 531. The Kier molecular flexibility index (Phi) is 10.5. The van der Waals surface area contributed by atoms with Crippen molar-refractivity contribution in [3.63, 3.8) is 0 Å². The Morgan fingerprint density at radius 3 is 2.45 bits per heavy atom. The van der Waals surface area contributed by atoms with Crippen LogP contribution in [0.2, 0.25) is 0 Å². The molecule has 0 spiro atoms. The highest BCUT2D eigenvalue weighted by Crippen LogP contribution is 2.27. The van der Waals surface area contributed by atoms with Crippen LogP contribution in [0.3, 0.4) is 0 Å². The van der Waals surface area contributed by atoms with Gasteiger partial charge in [0.05, 0.1) is 6.54 Å². The van der Waals surface area contributed by atoms with E-state index < -0.39 is 0 Å². The largest absolute Gasteiger partial charge is 0.357 e. The summed E-state index contributed by atoms with van der Waals surface area (Å²) in [7, 11) is 2.19. The van der Waals surface area contributed by atoms with Gasteiger partial charge in [0.1, 0.15) is 0 Å². The van der Waals surface area contributed by atoms with Crippen molar-refractivity contribution in [2.45, 2.75) is 58.0 Å². The fourth-order valence-electron chi connectivity index (χ4n) is 4.62. The molecule has 2 saturated heterocycles. The minimum atomic E-state index is 0. The van der Waals surface area contributed by atoms with Crippen molar-refractivity contribution in [1.29, 1.82) is 0 Å². The van der Waals surface area contributed by atoms with E-state index in [9.17, 15) is 4.79 Å². The number of guanidine groups is 1. The third-order valence-electron chi connectivity index (χ3n) is 6.56. The van der Waals surface area contributed by atoms with E-state index in [2.05, 4.69) is 46.2 Å². The van der Waals surface area contributed by atoms with Crippen molar-refractivity contribution in [3.05, 3.63) is 0 Å². The number of likely N-dealkylation sites (tertiary alicyclic amines) is 1. The number of piperazine rings is 1. The quantitative estimate of drug-likeness (QED) is 0.317. The van der Waals surface area contributed by atoms with Crippen LogP contribution in [0.5, 0.6) is 0 Å². The first kappa shape index (κ1) is 24.7. The lowest BCUT2D eigenvalue weighted by Crippen LogP contribution is -2.49. The molecule has 2 aliphatic heterocycles. The number of amides is 1. The standard InChI is InChI=1S/C21H40N6O.HI/c1-4-22-21(23-15-17(2)26-13-11-25(3)12-14-26)24-19-9-10-27(16-19)20(28)18-7-5-6-8-18;/h17-19H,4-16H2,1-3H3,(H2,22,23,24);1H. The molecule has 0 aromatic carbocycles. The smallest absolute Gasteiger partial charge is 0.225 e. The second-order valence-corrected chi connectivity index (χ2v) is 8.80. The molecule has 2 N–H and O–H groups in total. The number of hydrogen-bond acceptors (Lipinski definition) is 4. The van der Waals surface area contributed by atoms with Crippen LogP contribution in [-0.2, 0) is 4.79 Å². The monoisotopic (exact) mass is 520 g/mol. The SMILES string of the molecule is CCNC(=NCC(C)N1CCN(C)CC1)NC1CCN(C(=O)C2CCCC2)C1.I. The summed E-state index contributed by atoms with van der Waals surface area (Å²) in [6.45, 7) is 12.2. The second-order valence-electron chi connectivity index (χ2n) is 8.80. The van der Waals surface area contributed by atoms with Gasteiger partial charge in [0, 0.05) is 63.8 Å². The second kappa shape index (κ2) is 12.3. The van der Waals surface area contributed by atoms with Gasteiger partial charge in [-0.05, 0) is 40.2 Å². The number of halogens is 1. The summed E-state index contributed by atoms with van der Waals surface area (Å²) >= 11 is 0. The van der Waals surface area contributed by atoms with Crippen LogP contribution in [-0.4, -0.2) is 98.1 Å². The van der Waals surface area contributed by atoms with Gasteiger partial charge in [0.25, 0.3) is 0 Å². The highest BCUT2D eigenvalue weighted by Gasteiger charge is 2.32. The molecular formula is C21H41IN6O. The van der Waals surface area contributed by atoms with Gasteiger partial charge >= 0.3 is 0 Å². The minimum absolute atomic E-state index is 0. The van der Waals surface area contributed by atoms with E-state index in [1.165, 1.54) is 12.8 Å². The minimum Gasteiger partial charge on any atom is -0.357 e. The fraction of sp³-hybridized carbons (Fsp3) is 0.905. The zero-order valence-corrected chi connectivity index (χ0v) is 20.9. The van der Waals surface area contributed by atoms with Gasteiger partial charge in [-0.25, -0.2) is 0 Å². The zero-order chi connectivity index (χ0) is 19.9. The molecule has 2 heterocycles. The molecule has 7 nitrogen and oxygen atoms in total. The summed E-state index contributed by atoms with van der Waals surface area (Å²) in [5, 5.41) is 6.96. The number of nitrogens with zero attached hydrogens (tertiary/aromatic N) is 4. The third-order valence-corrected chi connectivity index (χ3v) is 6.56. The van der Waals surface area contributed by atoms with Gasteiger partial charge in [0.2, 0.25) is 5.91 Å². The average molecular weight is 521 g/mol. The predicted octanol–water partition coefficient (Wildman–Crippen LogP) is 1.59. The van der Waals surface area contributed by atoms with Gasteiger partial charge in [-0.2, -0.15) is 0 Å². The van der Waals surface area contributed by atoms with Crippen LogP contribution in [0.15, 0.2) is 4.99 Å². The molecule has 2 atom stereocenters. The molecule has 1 aliphatic carbocycles. The Hall–Kier alpha value is -0.610. The maximum absolute atomic E-state index is 12.7. The molecule has 1 amide bonds. The third kappa shape index (κ3) is 7.24. The number of aliphatic imine (C=N–C) groups is 1. The molecule has 8 heteroatoms. The average Bonchev–Trinajstić information content (AvgIpc) is 3.38. The van der Waals surface area contributed by atoms with Gasteiger partial charge in [-0.1, -0.05) is 12.8 Å². The van der Waals surface area contributed by atoms with E-state index >= 15 is 0 Å². The molecule has 0 aromatic heterocycles. The van der Waals surface area contributed by atoms with Crippen LogP contribution >= 0.6 is 24.0 Å². The van der Waals surface area contributed by atoms with Crippen LogP contribution in [0.1, 0.15) is 46.0 Å². The van der Waals surface area contributed by atoms with Crippen molar-refractivity contribution in [3.8, 4) is 0 Å². The zero-order valence-electron chi connectivity index (χ0n) is 18.5. The van der Waals surface area contributed by atoms with Crippen molar-refractivity contribution in [2.75, 3.05) is 59.4 Å². The normalized spacial score (nSPS) is 25.7. The maximum atomic E-state index is 12.7. The van der Waals surface area contributed by atoms with E-state index in [0.717, 1.165) is 77.6 Å². The van der Waals surface area contributed by atoms with Gasteiger partial charge in [-0.3, -0.25) is 14.7 Å². The predicted molar refractivity (Wildman–Crippen MR) is 130 cm³/mol. The Balaban J connectivity index is 0.00000300. The molecule has 3 rings (SSSR count). The van der Waals surface area contributed by atoms with E-state index in [0.29, 0.717) is 18.0 Å². The summed E-state index contributed by atoms with van der Waals surface area (Å²) in [5.41, 5.74) is 0. The van der Waals surface area contributed by atoms with Gasteiger partial charge < -0.3 is 20.4 Å². The van der Waals surface area contributed by atoms with Crippen molar-refractivity contribution >= 4 is 35.8 Å². The van der Waals surface area contributed by atoms with Crippen LogP contribution < -0.4 is 10.6 Å². The Labute approximate surface area is 194 Å². The number of carbonyl (C=O) groups excluding carboxylic acids is 1. The lowest BCUT2D eigenvalue weighted by Gasteiger charge is -2.36. The van der Waals surface area contributed by atoms with Crippen molar-refractivity contribution < 1.29 is 4.79 Å². The molecule has 168 valence electrons. The molecule has 29 heavy (non-hydrogen) atoms. The molecule has 0 bridgehead atoms. The summed E-state index contributed by atoms with van der Waals surface area (Å²) in [4.78, 5) is 24.5. The molecule has 2 unspecified atom stereocenters. The van der Waals surface area contributed by atoms with E-state index in [1.54, 1.807) is 0 Å². The topological polar surface area (TPSA) is 63.2 Å². The highest BCUT2D eigenvalue weighted by atomic mass is 127. The number of rotatable bonds is 6. The first-order valence-electron chi connectivity index (χ1n) is 11.3. The van der Waals surface area contributed by atoms with E-state index in [1.807, 2.05) is 0 Å². The van der Waals surface area contributed by atoms with Crippen LogP contribution in [0, 0.1) is 5.92 Å². The summed E-state index contributed by atoms with van der Waals surface area (Å²) in [6.07, 6.45) is 5.61. The van der Waals surface area contributed by atoms with Crippen molar-refractivity contribution in [1.82, 2.24) is 25.3 Å². The molecule has 1 saturated carbocycles. The van der Waals surface area contributed by atoms with Crippen molar-refractivity contribution in [2.24, 2.45) is 10.9 Å². The van der Waals surface area contributed by atoms with E-state index in [4.69, 9.17) is 4.99 Å². The lowest BCUT2D eigenvalue weighted by atomic mass is 10.1. The number of nitrogens with one attached hydrogen (secondary N) is 2. The first-order valence-corrected chi connectivity index (χ1v) is 11.3. The van der Waals surface area contributed by atoms with E-state index in [-0.39, 0.29) is 29.9 Å². The highest BCUT2D eigenvalue weighted by molar-refractivity contribution is 14.0. The summed E-state index contributed by atoms with van der Waals surface area (Å²) < 4.78 is 0.